The Morgan fingerprint density at radius 3 is 2.90 bits per heavy atom. The summed E-state index contributed by atoms with van der Waals surface area (Å²) in [4.78, 5) is 4.32. The number of para-hydroxylation sites is 1. The quantitative estimate of drug-likeness (QED) is 0.845. The molecule has 5 nitrogen and oxygen atoms in total. The van der Waals surface area contributed by atoms with Crippen LogP contribution in [0.1, 0.15) is 12.1 Å². The van der Waals surface area contributed by atoms with Crippen molar-refractivity contribution in [3.8, 4) is 5.75 Å². The monoisotopic (exact) mass is 280 g/mol. The highest BCUT2D eigenvalue weighted by Crippen LogP contribution is 2.22. The van der Waals surface area contributed by atoms with Gasteiger partial charge in [0.25, 0.3) is 0 Å². The van der Waals surface area contributed by atoms with Crippen molar-refractivity contribution in [3.63, 3.8) is 0 Å². The van der Waals surface area contributed by atoms with Gasteiger partial charge in [0, 0.05) is 18.3 Å². The number of ether oxygens (including phenoxy) is 1. The van der Waals surface area contributed by atoms with Crippen LogP contribution in [0, 0.1) is 0 Å². The fourth-order valence-corrected chi connectivity index (χ4v) is 2.07. The first-order chi connectivity index (χ1) is 10.3. The van der Waals surface area contributed by atoms with E-state index in [1.54, 1.807) is 6.20 Å². The third kappa shape index (κ3) is 3.20. The smallest absolute Gasteiger partial charge is 0.146 e. The molecule has 0 fully saturated rings. The number of hydrogen-bond acceptors (Lipinski definition) is 5. The maximum Gasteiger partial charge on any atom is 0.146 e. The molecule has 2 N–H and O–H groups in total. The molecule has 0 saturated heterocycles. The number of hydrazone groups is 1. The molecule has 21 heavy (non-hydrogen) atoms. The Balaban J connectivity index is 1.68. The molecule has 0 radical (unpaired) electrons. The maximum atomic E-state index is 5.55. The highest BCUT2D eigenvalue weighted by Gasteiger charge is 2.17. The highest BCUT2D eigenvalue weighted by atomic mass is 16.5. The molecule has 0 amide bonds. The van der Waals surface area contributed by atoms with Crippen LogP contribution < -0.4 is 15.5 Å². The topological polar surface area (TPSA) is 58.5 Å². The second-order valence-corrected chi connectivity index (χ2v) is 4.59. The molecule has 2 heterocycles. The molecule has 106 valence electrons. The van der Waals surface area contributed by atoms with Crippen LogP contribution in [0.15, 0.2) is 66.2 Å². The van der Waals surface area contributed by atoms with Gasteiger partial charge in [0.2, 0.25) is 0 Å². The van der Waals surface area contributed by atoms with E-state index in [0.29, 0.717) is 12.4 Å². The first-order valence-corrected chi connectivity index (χ1v) is 6.74. The van der Waals surface area contributed by atoms with Crippen LogP contribution in [0.5, 0.6) is 5.75 Å². The van der Waals surface area contributed by atoms with E-state index in [-0.39, 0.29) is 0 Å². The largest absolute Gasteiger partial charge is 0.491 e. The third-order valence-electron chi connectivity index (χ3n) is 3.04. The molecular weight excluding hydrogens is 264 g/mol. The molecule has 0 unspecified atom stereocenters. The molecule has 2 aromatic rings. The lowest BCUT2D eigenvalue weighted by Gasteiger charge is -2.18. The molecule has 0 aliphatic carbocycles. The summed E-state index contributed by atoms with van der Waals surface area (Å²) in [6.45, 7) is 4.52. The number of rotatable bonds is 4. The normalized spacial score (nSPS) is 15.0. The van der Waals surface area contributed by atoms with Crippen molar-refractivity contribution >= 4 is 11.4 Å². The van der Waals surface area contributed by atoms with E-state index >= 15 is 0 Å². The fraction of sp³-hybridized carbons (Fsp3) is 0.125. The first-order valence-electron chi connectivity index (χ1n) is 6.74. The number of nitrogens with zero attached hydrogens (tertiary/aromatic N) is 2. The van der Waals surface area contributed by atoms with Crippen LogP contribution in [0.3, 0.4) is 0 Å². The summed E-state index contributed by atoms with van der Waals surface area (Å²) in [6.07, 6.45) is 2.45. The van der Waals surface area contributed by atoms with E-state index < -0.39 is 0 Å². The van der Waals surface area contributed by atoms with Gasteiger partial charge < -0.3 is 10.1 Å². The van der Waals surface area contributed by atoms with Gasteiger partial charge in [-0.1, -0.05) is 24.8 Å². The molecule has 5 heteroatoms. The van der Waals surface area contributed by atoms with Crippen molar-refractivity contribution in [2.75, 3.05) is 11.9 Å². The SMILES string of the molecule is C=C(N/N=C1/CCOc2cccnc21)Nc1ccccc1. The minimum Gasteiger partial charge on any atom is -0.491 e. The lowest BCUT2D eigenvalue weighted by Crippen LogP contribution is -2.22. The van der Waals surface area contributed by atoms with Crippen LogP contribution in [0.4, 0.5) is 5.69 Å². The van der Waals surface area contributed by atoms with Crippen molar-refractivity contribution < 1.29 is 4.74 Å². The summed E-state index contributed by atoms with van der Waals surface area (Å²) in [5.41, 5.74) is 5.54. The number of pyridine rings is 1. The molecule has 3 rings (SSSR count). The second kappa shape index (κ2) is 6.09. The Bertz CT molecular complexity index is 667. The van der Waals surface area contributed by atoms with Gasteiger partial charge in [0.05, 0.1) is 12.3 Å². The van der Waals surface area contributed by atoms with Gasteiger partial charge >= 0.3 is 0 Å². The minimum absolute atomic E-state index is 0.609. The fourth-order valence-electron chi connectivity index (χ4n) is 2.07. The molecule has 1 aliphatic rings. The number of nitrogens with one attached hydrogen (secondary N) is 2. The Morgan fingerprint density at radius 1 is 1.19 bits per heavy atom. The zero-order valence-electron chi connectivity index (χ0n) is 11.5. The Labute approximate surface area is 123 Å². The molecule has 0 saturated carbocycles. The third-order valence-corrected chi connectivity index (χ3v) is 3.04. The summed E-state index contributed by atoms with van der Waals surface area (Å²) in [7, 11) is 0. The van der Waals surface area contributed by atoms with Crippen LogP contribution in [0.25, 0.3) is 0 Å². The molecule has 1 aliphatic heterocycles. The number of fused-ring (bicyclic) bond motifs is 1. The minimum atomic E-state index is 0.609. The van der Waals surface area contributed by atoms with Gasteiger partial charge in [0.15, 0.2) is 0 Å². The van der Waals surface area contributed by atoms with Crippen molar-refractivity contribution in [2.24, 2.45) is 5.10 Å². The second-order valence-electron chi connectivity index (χ2n) is 4.59. The van der Waals surface area contributed by atoms with Gasteiger partial charge in [-0.05, 0) is 24.3 Å². The summed E-state index contributed by atoms with van der Waals surface area (Å²) in [6, 6.07) is 13.6. The van der Waals surface area contributed by atoms with Gasteiger partial charge in [-0.15, -0.1) is 0 Å². The van der Waals surface area contributed by atoms with Crippen molar-refractivity contribution in [2.45, 2.75) is 6.42 Å². The lowest BCUT2D eigenvalue weighted by molar-refractivity contribution is 0.318. The van der Waals surface area contributed by atoms with E-state index in [1.165, 1.54) is 0 Å². The van der Waals surface area contributed by atoms with E-state index in [0.717, 1.165) is 29.3 Å². The molecular formula is C16H16N4O. The van der Waals surface area contributed by atoms with Crippen LogP contribution in [-0.4, -0.2) is 17.3 Å². The molecule has 0 spiro atoms. The van der Waals surface area contributed by atoms with Gasteiger partial charge in [0.1, 0.15) is 17.3 Å². The zero-order chi connectivity index (χ0) is 14.5. The number of hydrogen-bond donors (Lipinski definition) is 2. The van der Waals surface area contributed by atoms with E-state index in [1.807, 2.05) is 42.5 Å². The standard InChI is InChI=1S/C16H16N4O/c1-12(18-13-6-3-2-4-7-13)19-20-14-9-11-21-15-8-5-10-17-16(14)15/h2-8,10,18-19H,1,9,11H2/b20-14-. The van der Waals surface area contributed by atoms with Gasteiger partial charge in [-0.25, -0.2) is 0 Å². The summed E-state index contributed by atoms with van der Waals surface area (Å²) < 4.78 is 5.55. The summed E-state index contributed by atoms with van der Waals surface area (Å²) in [5, 5.41) is 7.52. The van der Waals surface area contributed by atoms with Gasteiger partial charge in [-0.2, -0.15) is 5.10 Å². The van der Waals surface area contributed by atoms with Gasteiger partial charge in [-0.3, -0.25) is 10.4 Å². The predicted molar refractivity (Wildman–Crippen MR) is 83.2 cm³/mol. The van der Waals surface area contributed by atoms with E-state index in [2.05, 4.69) is 27.4 Å². The first kappa shape index (κ1) is 13.2. The zero-order valence-corrected chi connectivity index (χ0v) is 11.5. The average Bonchev–Trinajstić information content (AvgIpc) is 2.54. The average molecular weight is 280 g/mol. The van der Waals surface area contributed by atoms with Crippen LogP contribution >= 0.6 is 0 Å². The maximum absolute atomic E-state index is 5.55. The Morgan fingerprint density at radius 2 is 2.05 bits per heavy atom. The molecule has 1 aromatic carbocycles. The van der Waals surface area contributed by atoms with Crippen LogP contribution in [-0.2, 0) is 0 Å². The lowest BCUT2D eigenvalue weighted by atomic mass is 10.1. The summed E-state index contributed by atoms with van der Waals surface area (Å²) >= 11 is 0. The number of anilines is 1. The van der Waals surface area contributed by atoms with Crippen molar-refractivity contribution in [3.05, 3.63) is 66.8 Å². The predicted octanol–water partition coefficient (Wildman–Crippen LogP) is 2.74. The molecule has 0 atom stereocenters. The van der Waals surface area contributed by atoms with Crippen molar-refractivity contribution in [1.82, 2.24) is 10.4 Å². The molecule has 1 aromatic heterocycles. The molecule has 0 bridgehead atoms. The Kier molecular flexibility index (Phi) is 3.82. The van der Waals surface area contributed by atoms with Crippen molar-refractivity contribution in [1.29, 1.82) is 0 Å². The summed E-state index contributed by atoms with van der Waals surface area (Å²) in [5.74, 6) is 1.38. The van der Waals surface area contributed by atoms with E-state index in [4.69, 9.17) is 4.74 Å². The number of benzene rings is 1. The number of aromatic nitrogens is 1. The highest BCUT2D eigenvalue weighted by molar-refractivity contribution is 6.01. The van der Waals surface area contributed by atoms with E-state index in [9.17, 15) is 0 Å². The van der Waals surface area contributed by atoms with Crippen LogP contribution in [0.2, 0.25) is 0 Å². The Hall–Kier alpha value is -2.82.